The van der Waals surface area contributed by atoms with Crippen LogP contribution in [0.3, 0.4) is 0 Å². The van der Waals surface area contributed by atoms with Crippen molar-refractivity contribution in [3.05, 3.63) is 35.4 Å². The predicted octanol–water partition coefficient (Wildman–Crippen LogP) is 2.61. The van der Waals surface area contributed by atoms with Crippen molar-refractivity contribution in [2.24, 2.45) is 0 Å². The summed E-state index contributed by atoms with van der Waals surface area (Å²) in [6, 6.07) is 7.50. The second-order valence-corrected chi connectivity index (χ2v) is 3.64. The van der Waals surface area contributed by atoms with Crippen molar-refractivity contribution in [2.45, 2.75) is 26.8 Å². The molecule has 0 bridgehead atoms. The van der Waals surface area contributed by atoms with Crippen LogP contribution >= 0.6 is 0 Å². The molecule has 16 heavy (non-hydrogen) atoms. The minimum absolute atomic E-state index is 0.237. The molecule has 0 unspecified atom stereocenters. The van der Waals surface area contributed by atoms with Crippen LogP contribution in [0.1, 0.15) is 18.1 Å². The van der Waals surface area contributed by atoms with Crippen LogP contribution in [-0.2, 0) is 11.3 Å². The van der Waals surface area contributed by atoms with Crippen LogP contribution in [0.5, 0.6) is 0 Å². The molecule has 0 fully saturated rings. The summed E-state index contributed by atoms with van der Waals surface area (Å²) >= 11 is 0. The highest BCUT2D eigenvalue weighted by Gasteiger charge is 2.21. The lowest BCUT2D eigenvalue weighted by Crippen LogP contribution is -2.34. The van der Waals surface area contributed by atoms with Gasteiger partial charge in [0.2, 0.25) is 0 Å². The minimum Gasteiger partial charge on any atom is -0.334 e. The largest absolute Gasteiger partial charge is 0.334 e. The molecule has 0 aromatic heterocycles. The van der Waals surface area contributed by atoms with Crippen molar-refractivity contribution in [3.8, 4) is 0 Å². The molecule has 1 amide bonds. The molecule has 1 aromatic rings. The summed E-state index contributed by atoms with van der Waals surface area (Å²) in [5, 5.41) is 0. The fourth-order valence-electron chi connectivity index (χ4n) is 1.51. The molecule has 1 aromatic carbocycles. The van der Waals surface area contributed by atoms with Gasteiger partial charge >= 0.3 is 6.43 Å². The van der Waals surface area contributed by atoms with Gasteiger partial charge in [0.25, 0.3) is 5.91 Å². The van der Waals surface area contributed by atoms with Crippen molar-refractivity contribution < 1.29 is 13.6 Å². The molecule has 0 spiro atoms. The Morgan fingerprint density at radius 3 is 2.62 bits per heavy atom. The van der Waals surface area contributed by atoms with E-state index >= 15 is 0 Å². The van der Waals surface area contributed by atoms with E-state index in [0.29, 0.717) is 0 Å². The van der Waals surface area contributed by atoms with Crippen LogP contribution in [0.25, 0.3) is 0 Å². The summed E-state index contributed by atoms with van der Waals surface area (Å²) in [6.07, 6.45) is -2.93. The Morgan fingerprint density at radius 2 is 2.12 bits per heavy atom. The molecule has 0 N–H and O–H groups in total. The number of carbonyl (C=O) groups is 1. The van der Waals surface area contributed by atoms with E-state index in [9.17, 15) is 13.6 Å². The predicted molar refractivity (Wildman–Crippen MR) is 58.3 cm³/mol. The summed E-state index contributed by atoms with van der Waals surface area (Å²) in [5.74, 6) is -1.11. The van der Waals surface area contributed by atoms with Crippen molar-refractivity contribution in [2.75, 3.05) is 6.54 Å². The third-order valence-corrected chi connectivity index (χ3v) is 2.34. The number of hydrogen-bond acceptors (Lipinski definition) is 1. The molecule has 0 aliphatic rings. The Balaban J connectivity index is 2.74. The zero-order chi connectivity index (χ0) is 12.1. The maximum atomic E-state index is 12.3. The smallest absolute Gasteiger partial charge is 0.315 e. The standard InChI is InChI=1S/C12H15F2NO/c1-3-15(12(16)11(13)14)8-10-6-4-5-9(2)7-10/h4-7,11H,3,8H2,1-2H3. The molecule has 0 saturated carbocycles. The van der Waals surface area contributed by atoms with E-state index in [1.54, 1.807) is 6.92 Å². The van der Waals surface area contributed by atoms with Gasteiger partial charge < -0.3 is 4.90 Å². The molecule has 2 nitrogen and oxygen atoms in total. The first-order chi connectivity index (χ1) is 7.54. The molecule has 88 valence electrons. The van der Waals surface area contributed by atoms with Gasteiger partial charge in [0.1, 0.15) is 0 Å². The second-order valence-electron chi connectivity index (χ2n) is 3.64. The number of alkyl halides is 2. The molecule has 0 aliphatic carbocycles. The molecular formula is C12H15F2NO. The Labute approximate surface area is 93.9 Å². The van der Waals surface area contributed by atoms with Gasteiger partial charge in [0.15, 0.2) is 0 Å². The van der Waals surface area contributed by atoms with Gasteiger partial charge in [0, 0.05) is 13.1 Å². The third-order valence-electron chi connectivity index (χ3n) is 2.34. The van der Waals surface area contributed by atoms with Crippen molar-refractivity contribution in [3.63, 3.8) is 0 Å². The average Bonchev–Trinajstić information content (AvgIpc) is 2.25. The van der Waals surface area contributed by atoms with E-state index in [-0.39, 0.29) is 13.1 Å². The number of aryl methyl sites for hydroxylation is 1. The van der Waals surface area contributed by atoms with Crippen molar-refractivity contribution in [1.82, 2.24) is 4.90 Å². The highest BCUT2D eigenvalue weighted by Crippen LogP contribution is 2.10. The maximum absolute atomic E-state index is 12.3. The summed E-state index contributed by atoms with van der Waals surface area (Å²) in [5.41, 5.74) is 1.92. The molecular weight excluding hydrogens is 212 g/mol. The topological polar surface area (TPSA) is 20.3 Å². The summed E-state index contributed by atoms with van der Waals surface area (Å²) in [7, 11) is 0. The summed E-state index contributed by atoms with van der Waals surface area (Å²) in [6.45, 7) is 4.14. The molecule has 0 aliphatic heterocycles. The fourth-order valence-corrected chi connectivity index (χ4v) is 1.51. The maximum Gasteiger partial charge on any atom is 0.315 e. The van der Waals surface area contributed by atoms with Gasteiger partial charge in [-0.2, -0.15) is 8.78 Å². The first-order valence-corrected chi connectivity index (χ1v) is 5.17. The normalized spacial score (nSPS) is 10.6. The van der Waals surface area contributed by atoms with Crippen molar-refractivity contribution in [1.29, 1.82) is 0 Å². The van der Waals surface area contributed by atoms with E-state index < -0.39 is 12.3 Å². The van der Waals surface area contributed by atoms with Crippen LogP contribution < -0.4 is 0 Å². The van der Waals surface area contributed by atoms with Crippen LogP contribution in [0.2, 0.25) is 0 Å². The minimum atomic E-state index is -2.93. The van der Waals surface area contributed by atoms with Crippen molar-refractivity contribution >= 4 is 5.91 Å². The van der Waals surface area contributed by atoms with Crippen LogP contribution in [0, 0.1) is 6.92 Å². The lowest BCUT2D eigenvalue weighted by molar-refractivity contribution is -0.143. The number of benzene rings is 1. The SMILES string of the molecule is CCN(Cc1cccc(C)c1)C(=O)C(F)F. The molecule has 0 heterocycles. The van der Waals surface area contributed by atoms with Gasteiger partial charge in [-0.3, -0.25) is 4.79 Å². The van der Waals surface area contributed by atoms with Gasteiger partial charge in [0.05, 0.1) is 0 Å². The van der Waals surface area contributed by atoms with Crippen LogP contribution in [-0.4, -0.2) is 23.8 Å². The monoisotopic (exact) mass is 227 g/mol. The number of rotatable bonds is 4. The van der Waals surface area contributed by atoms with E-state index in [2.05, 4.69) is 0 Å². The Hall–Kier alpha value is -1.45. The van der Waals surface area contributed by atoms with Gasteiger partial charge in [-0.1, -0.05) is 29.8 Å². The zero-order valence-corrected chi connectivity index (χ0v) is 9.41. The van der Waals surface area contributed by atoms with Crippen LogP contribution in [0.15, 0.2) is 24.3 Å². The van der Waals surface area contributed by atoms with Gasteiger partial charge in [-0.05, 0) is 19.4 Å². The van der Waals surface area contributed by atoms with Gasteiger partial charge in [-0.25, -0.2) is 0 Å². The molecule has 0 saturated heterocycles. The average molecular weight is 227 g/mol. The van der Waals surface area contributed by atoms with Crippen LogP contribution in [0.4, 0.5) is 8.78 Å². The molecule has 0 atom stereocenters. The Kier molecular flexibility index (Phi) is 4.40. The number of carbonyl (C=O) groups excluding carboxylic acids is 1. The zero-order valence-electron chi connectivity index (χ0n) is 9.41. The lowest BCUT2D eigenvalue weighted by Gasteiger charge is -2.20. The number of amides is 1. The number of nitrogens with zero attached hydrogens (tertiary/aromatic N) is 1. The Morgan fingerprint density at radius 1 is 1.44 bits per heavy atom. The first-order valence-electron chi connectivity index (χ1n) is 5.17. The fraction of sp³-hybridized carbons (Fsp3) is 0.417. The summed E-state index contributed by atoms with van der Waals surface area (Å²) < 4.78 is 24.5. The summed E-state index contributed by atoms with van der Waals surface area (Å²) in [4.78, 5) is 12.3. The van der Waals surface area contributed by atoms with E-state index in [1.165, 1.54) is 0 Å². The third kappa shape index (κ3) is 3.29. The highest BCUT2D eigenvalue weighted by atomic mass is 19.3. The Bertz CT molecular complexity index is 366. The molecule has 4 heteroatoms. The first kappa shape index (κ1) is 12.6. The quantitative estimate of drug-likeness (QED) is 0.774. The lowest BCUT2D eigenvalue weighted by atomic mass is 10.1. The van der Waals surface area contributed by atoms with E-state index in [4.69, 9.17) is 0 Å². The highest BCUT2D eigenvalue weighted by molar-refractivity contribution is 5.79. The second kappa shape index (κ2) is 5.58. The van der Waals surface area contributed by atoms with Gasteiger partial charge in [-0.15, -0.1) is 0 Å². The van der Waals surface area contributed by atoms with E-state index in [1.807, 2.05) is 31.2 Å². The molecule has 1 rings (SSSR count). The number of hydrogen-bond donors (Lipinski definition) is 0. The number of halogens is 2. The van der Waals surface area contributed by atoms with E-state index in [0.717, 1.165) is 16.0 Å². The molecule has 0 radical (unpaired) electrons.